The molecule has 2 heterocycles. The van der Waals surface area contributed by atoms with Gasteiger partial charge in [0.1, 0.15) is 23.9 Å². The highest BCUT2D eigenvalue weighted by atomic mass is 35.5. The van der Waals surface area contributed by atoms with Gasteiger partial charge in [0.05, 0.1) is 24.9 Å². The fraction of sp³-hybridized carbons (Fsp3) is 0.318. The van der Waals surface area contributed by atoms with E-state index >= 15 is 0 Å². The van der Waals surface area contributed by atoms with Gasteiger partial charge in [0.15, 0.2) is 6.17 Å². The molecule has 2 aromatic rings. The molecule has 0 saturated carbocycles. The minimum absolute atomic E-state index is 0.336. The summed E-state index contributed by atoms with van der Waals surface area (Å²) in [5.74, 6) is 0.640. The molecule has 32 heavy (non-hydrogen) atoms. The number of aliphatic imine (C=N–C) groups is 2. The van der Waals surface area contributed by atoms with Gasteiger partial charge in [-0.2, -0.15) is 0 Å². The van der Waals surface area contributed by atoms with E-state index in [9.17, 15) is 9.18 Å². The van der Waals surface area contributed by atoms with Crippen molar-refractivity contribution in [2.75, 3.05) is 19.1 Å². The Balaban J connectivity index is 1.67. The molecule has 0 bridgehead atoms. The highest BCUT2D eigenvalue weighted by Gasteiger charge is 2.45. The van der Waals surface area contributed by atoms with Crippen LogP contribution >= 0.6 is 23.4 Å². The van der Waals surface area contributed by atoms with Crippen molar-refractivity contribution in [3.8, 4) is 5.75 Å². The molecule has 7 nitrogen and oxygen atoms in total. The minimum Gasteiger partial charge on any atom is -0.496 e. The first kappa shape index (κ1) is 22.4. The summed E-state index contributed by atoms with van der Waals surface area (Å²) in [4.78, 5) is 23.6. The smallest absolute Gasteiger partial charge is 0.324 e. The maximum absolute atomic E-state index is 14.0. The highest BCUT2D eigenvalue weighted by Crippen LogP contribution is 2.46. The van der Waals surface area contributed by atoms with Crippen molar-refractivity contribution in [2.24, 2.45) is 9.98 Å². The van der Waals surface area contributed by atoms with E-state index in [1.807, 2.05) is 26.0 Å². The van der Waals surface area contributed by atoms with Gasteiger partial charge in [0.2, 0.25) is 5.90 Å². The number of anilines is 1. The number of ether oxygens (including phenoxy) is 2. The van der Waals surface area contributed by atoms with Crippen molar-refractivity contribution >= 4 is 47.3 Å². The van der Waals surface area contributed by atoms with Gasteiger partial charge in [-0.25, -0.2) is 19.2 Å². The molecular weight excluding hydrogens is 455 g/mol. The number of carbonyl (C=O) groups excluding carboxylic acids is 1. The Kier molecular flexibility index (Phi) is 6.05. The number of methoxy groups -OCH3 is 2. The van der Waals surface area contributed by atoms with E-state index in [4.69, 9.17) is 21.1 Å². The van der Waals surface area contributed by atoms with Crippen molar-refractivity contribution in [2.45, 2.75) is 35.7 Å². The molecule has 168 valence electrons. The Labute approximate surface area is 194 Å². The molecule has 0 radical (unpaired) electrons. The van der Waals surface area contributed by atoms with Crippen molar-refractivity contribution in [3.05, 3.63) is 52.8 Å². The van der Waals surface area contributed by atoms with Gasteiger partial charge in [-0.1, -0.05) is 11.6 Å². The van der Waals surface area contributed by atoms with Crippen LogP contribution in [0.4, 0.5) is 14.9 Å². The van der Waals surface area contributed by atoms with E-state index in [1.54, 1.807) is 19.2 Å². The van der Waals surface area contributed by atoms with Crippen LogP contribution in [0.15, 0.2) is 51.3 Å². The van der Waals surface area contributed by atoms with Gasteiger partial charge in [-0.15, -0.1) is 11.8 Å². The maximum Gasteiger partial charge on any atom is 0.324 e. The lowest BCUT2D eigenvalue weighted by Crippen LogP contribution is -2.43. The predicted molar refractivity (Wildman–Crippen MR) is 125 cm³/mol. The molecule has 1 N–H and O–H groups in total. The zero-order valence-corrected chi connectivity index (χ0v) is 19.5. The fourth-order valence-electron chi connectivity index (χ4n) is 3.80. The average molecular weight is 477 g/mol. The number of hydrogen-bond acceptors (Lipinski definition) is 6. The summed E-state index contributed by atoms with van der Waals surface area (Å²) < 4.78 is 24.2. The summed E-state index contributed by atoms with van der Waals surface area (Å²) >= 11 is 7.99. The largest absolute Gasteiger partial charge is 0.496 e. The molecule has 2 aliphatic heterocycles. The van der Waals surface area contributed by atoms with Gasteiger partial charge in [0, 0.05) is 15.2 Å². The number of benzene rings is 2. The summed E-state index contributed by atoms with van der Waals surface area (Å²) in [5.41, 5.74) is 1.23. The van der Waals surface area contributed by atoms with E-state index in [0.717, 1.165) is 10.5 Å². The van der Waals surface area contributed by atoms with Crippen LogP contribution in [-0.4, -0.2) is 44.7 Å². The molecule has 2 aliphatic rings. The van der Waals surface area contributed by atoms with Gasteiger partial charge in [0.25, 0.3) is 0 Å². The number of fused-ring (bicyclic) bond motifs is 1. The molecule has 10 heteroatoms. The van der Waals surface area contributed by atoms with E-state index < -0.39 is 17.0 Å². The number of nitrogens with zero attached hydrogens (tertiary/aromatic N) is 3. The molecule has 0 aliphatic carbocycles. The first-order valence-corrected chi connectivity index (χ1v) is 11.0. The van der Waals surface area contributed by atoms with Gasteiger partial charge in [-0.05, 0) is 50.2 Å². The summed E-state index contributed by atoms with van der Waals surface area (Å²) in [6.07, 6.45) is 0.808. The molecule has 4 rings (SSSR count). The Bertz CT molecular complexity index is 1120. The highest BCUT2D eigenvalue weighted by molar-refractivity contribution is 8.00. The number of amides is 2. The van der Waals surface area contributed by atoms with Crippen molar-refractivity contribution in [1.29, 1.82) is 0 Å². The fourth-order valence-corrected chi connectivity index (χ4v) is 5.17. The van der Waals surface area contributed by atoms with Crippen molar-refractivity contribution in [3.63, 3.8) is 0 Å². The Morgan fingerprint density at radius 1 is 1.19 bits per heavy atom. The quantitative estimate of drug-likeness (QED) is 0.627. The molecule has 1 saturated heterocycles. The first-order valence-electron chi connectivity index (χ1n) is 9.81. The second-order valence-electron chi connectivity index (χ2n) is 7.72. The standard InChI is InChI=1S/C22H22ClFN4O3S/c1-22(2,14-9-12(24)5-8-17(14)30-3)32-13-6-7-15(23)16(10-13)28-19-18(27-21(28)29)20(31-4)26-11-25-19/h5-11,18-19H,1-4H3,(H,27,29). The van der Waals surface area contributed by atoms with Crippen LogP contribution in [0.2, 0.25) is 5.02 Å². The molecule has 2 atom stereocenters. The third-order valence-electron chi connectivity index (χ3n) is 5.30. The van der Waals surface area contributed by atoms with E-state index in [1.165, 1.54) is 42.2 Å². The third kappa shape index (κ3) is 4.02. The van der Waals surface area contributed by atoms with Gasteiger partial charge in [-0.3, -0.25) is 4.90 Å². The molecular formula is C22H22ClFN4O3S. The lowest BCUT2D eigenvalue weighted by atomic mass is 10.0. The first-order chi connectivity index (χ1) is 15.2. The van der Waals surface area contributed by atoms with E-state index in [0.29, 0.717) is 22.4 Å². The van der Waals surface area contributed by atoms with Gasteiger partial charge < -0.3 is 14.8 Å². The topological polar surface area (TPSA) is 75.5 Å². The number of rotatable bonds is 5. The van der Waals surface area contributed by atoms with Gasteiger partial charge >= 0.3 is 6.03 Å². The molecule has 1 fully saturated rings. The molecule has 2 aromatic carbocycles. The van der Waals surface area contributed by atoms with Crippen LogP contribution < -0.4 is 15.0 Å². The summed E-state index contributed by atoms with van der Waals surface area (Å²) in [6.45, 7) is 3.96. The number of hydrogen-bond donors (Lipinski definition) is 1. The number of nitrogens with one attached hydrogen (secondary N) is 1. The molecule has 0 aromatic heterocycles. The zero-order chi connectivity index (χ0) is 23.0. The Hall–Kier alpha value is -2.78. The maximum atomic E-state index is 14.0. The third-order valence-corrected chi connectivity index (χ3v) is 6.84. The second-order valence-corrected chi connectivity index (χ2v) is 9.82. The van der Waals surface area contributed by atoms with Crippen molar-refractivity contribution < 1.29 is 18.7 Å². The monoisotopic (exact) mass is 476 g/mol. The summed E-state index contributed by atoms with van der Waals surface area (Å²) in [5, 5.41) is 3.25. The van der Waals surface area contributed by atoms with Crippen LogP contribution in [0.5, 0.6) is 5.75 Å². The predicted octanol–water partition coefficient (Wildman–Crippen LogP) is 4.83. The average Bonchev–Trinajstić information content (AvgIpc) is 3.10. The Morgan fingerprint density at radius 2 is 1.97 bits per heavy atom. The zero-order valence-electron chi connectivity index (χ0n) is 17.9. The number of carbonyl (C=O) groups is 1. The molecule has 2 amide bonds. The van der Waals surface area contributed by atoms with Crippen LogP contribution in [-0.2, 0) is 9.48 Å². The Morgan fingerprint density at radius 3 is 2.69 bits per heavy atom. The summed E-state index contributed by atoms with van der Waals surface area (Å²) in [7, 11) is 3.05. The van der Waals surface area contributed by atoms with E-state index in [-0.39, 0.29) is 11.8 Å². The van der Waals surface area contributed by atoms with Crippen LogP contribution in [0.25, 0.3) is 0 Å². The molecule has 0 spiro atoms. The number of thioether (sulfide) groups is 1. The summed E-state index contributed by atoms with van der Waals surface area (Å²) in [6, 6.07) is 9.04. The second kappa shape index (κ2) is 8.63. The van der Waals surface area contributed by atoms with E-state index in [2.05, 4.69) is 15.3 Å². The lowest BCUT2D eigenvalue weighted by Gasteiger charge is -2.28. The SMILES string of the molecule is COC1=NC=NC2C1NC(=O)N2c1cc(SC(C)(C)c2cc(F)ccc2OC)ccc1Cl. The minimum atomic E-state index is -0.566. The van der Waals surface area contributed by atoms with Crippen molar-refractivity contribution in [1.82, 2.24) is 5.32 Å². The normalized spacial score (nSPS) is 20.0. The van der Waals surface area contributed by atoms with Crippen LogP contribution in [0, 0.1) is 5.82 Å². The van der Waals surface area contributed by atoms with Crippen LogP contribution in [0.3, 0.4) is 0 Å². The lowest BCUT2D eigenvalue weighted by molar-refractivity contribution is 0.251. The number of halogens is 2. The van der Waals surface area contributed by atoms with Crippen LogP contribution in [0.1, 0.15) is 19.4 Å². The number of urea groups is 1. The molecule has 2 unspecified atom stereocenters.